The van der Waals surface area contributed by atoms with Gasteiger partial charge in [0, 0.05) is 32.2 Å². The smallest absolute Gasteiger partial charge is 0.246 e. The normalized spacial score (nSPS) is 17.0. The summed E-state index contributed by atoms with van der Waals surface area (Å²) in [5.74, 6) is -1.79. The van der Waals surface area contributed by atoms with Gasteiger partial charge in [-0.2, -0.15) is 4.31 Å². The van der Waals surface area contributed by atoms with E-state index in [0.29, 0.717) is 19.2 Å². The Hall–Kier alpha value is -0.760. The topological polar surface area (TPSA) is 49.4 Å². The summed E-state index contributed by atoms with van der Waals surface area (Å²) >= 11 is 0. The molecule has 0 bridgehead atoms. The summed E-state index contributed by atoms with van der Waals surface area (Å²) in [5.41, 5.74) is 0.116. The maximum atomic E-state index is 13.6. The second-order valence-corrected chi connectivity index (χ2v) is 6.09. The van der Waals surface area contributed by atoms with E-state index in [9.17, 15) is 17.2 Å². The van der Waals surface area contributed by atoms with E-state index >= 15 is 0 Å². The van der Waals surface area contributed by atoms with Crippen LogP contribution < -0.4 is 5.32 Å². The molecule has 0 amide bonds. The molecule has 0 atom stereocenters. The van der Waals surface area contributed by atoms with E-state index in [1.54, 1.807) is 0 Å². The maximum Gasteiger partial charge on any atom is 0.246 e. The molecule has 1 aromatic carbocycles. The fourth-order valence-electron chi connectivity index (χ4n) is 1.85. The lowest BCUT2D eigenvalue weighted by Gasteiger charge is -2.26. The lowest BCUT2D eigenvalue weighted by molar-refractivity contribution is 0.358. The van der Waals surface area contributed by atoms with E-state index < -0.39 is 26.6 Å². The largest absolute Gasteiger partial charge is 0.314 e. The molecule has 1 N–H and O–H groups in total. The molecule has 0 aliphatic carbocycles. The average Bonchev–Trinajstić information content (AvgIpc) is 2.34. The molecule has 0 aromatic heterocycles. The first kappa shape index (κ1) is 16.3. The molecule has 8 heteroatoms. The number of benzene rings is 1. The SMILES string of the molecule is Cc1cc(S(=O)(=O)N2CCNCC2)c(F)cc1F.Cl. The van der Waals surface area contributed by atoms with Crippen LogP contribution in [0.1, 0.15) is 5.56 Å². The molecule has 1 heterocycles. The van der Waals surface area contributed by atoms with Gasteiger partial charge in [-0.15, -0.1) is 12.4 Å². The van der Waals surface area contributed by atoms with Crippen molar-refractivity contribution in [1.29, 1.82) is 0 Å². The van der Waals surface area contributed by atoms with Crippen molar-refractivity contribution in [3.05, 3.63) is 29.3 Å². The lowest BCUT2D eigenvalue weighted by Crippen LogP contribution is -2.46. The highest BCUT2D eigenvalue weighted by Gasteiger charge is 2.29. The first-order valence-corrected chi connectivity index (χ1v) is 7.03. The highest BCUT2D eigenvalue weighted by molar-refractivity contribution is 7.89. The summed E-state index contributed by atoms with van der Waals surface area (Å²) in [5, 5.41) is 3.01. The maximum absolute atomic E-state index is 13.6. The quantitative estimate of drug-likeness (QED) is 0.895. The summed E-state index contributed by atoms with van der Waals surface area (Å²) in [7, 11) is -3.88. The van der Waals surface area contributed by atoms with E-state index in [0.717, 1.165) is 6.07 Å². The minimum absolute atomic E-state index is 0. The third-order valence-electron chi connectivity index (χ3n) is 2.91. The minimum atomic E-state index is -3.88. The van der Waals surface area contributed by atoms with E-state index in [4.69, 9.17) is 0 Å². The van der Waals surface area contributed by atoms with Crippen molar-refractivity contribution in [1.82, 2.24) is 9.62 Å². The van der Waals surface area contributed by atoms with Crippen LogP contribution in [0.3, 0.4) is 0 Å². The standard InChI is InChI=1S/C11H14F2N2O2S.ClH/c1-8-6-11(10(13)7-9(8)12)18(16,17)15-4-2-14-3-5-15;/h6-7,14H,2-5H2,1H3;1H. The molecule has 4 nitrogen and oxygen atoms in total. The van der Waals surface area contributed by atoms with Gasteiger partial charge in [0.25, 0.3) is 0 Å². The monoisotopic (exact) mass is 312 g/mol. The molecule has 0 unspecified atom stereocenters. The molecule has 0 saturated carbocycles. The Morgan fingerprint density at radius 3 is 2.32 bits per heavy atom. The summed E-state index contributed by atoms with van der Waals surface area (Å²) in [6, 6.07) is 1.66. The fourth-order valence-corrected chi connectivity index (χ4v) is 3.42. The van der Waals surface area contributed by atoms with Crippen molar-refractivity contribution in [3.63, 3.8) is 0 Å². The molecule has 108 valence electrons. The van der Waals surface area contributed by atoms with Crippen LogP contribution in [-0.4, -0.2) is 38.9 Å². The van der Waals surface area contributed by atoms with Gasteiger partial charge in [0.15, 0.2) is 0 Å². The Morgan fingerprint density at radius 1 is 1.16 bits per heavy atom. The van der Waals surface area contributed by atoms with Crippen LogP contribution in [0.15, 0.2) is 17.0 Å². The van der Waals surface area contributed by atoms with Gasteiger partial charge in [-0.1, -0.05) is 0 Å². The van der Waals surface area contributed by atoms with Gasteiger partial charge in [0.2, 0.25) is 10.0 Å². The van der Waals surface area contributed by atoms with Gasteiger partial charge < -0.3 is 5.32 Å². The van der Waals surface area contributed by atoms with E-state index in [2.05, 4.69) is 5.32 Å². The van der Waals surface area contributed by atoms with Crippen molar-refractivity contribution in [2.45, 2.75) is 11.8 Å². The Balaban J connectivity index is 0.00000180. The second-order valence-electron chi connectivity index (χ2n) is 4.19. The first-order valence-electron chi connectivity index (χ1n) is 5.59. The zero-order chi connectivity index (χ0) is 13.3. The summed E-state index contributed by atoms with van der Waals surface area (Å²) in [4.78, 5) is -0.455. The average molecular weight is 313 g/mol. The Kier molecular flexibility index (Phi) is 5.26. The van der Waals surface area contributed by atoms with Gasteiger partial charge in [0.1, 0.15) is 16.5 Å². The number of hydrogen-bond acceptors (Lipinski definition) is 3. The minimum Gasteiger partial charge on any atom is -0.314 e. The summed E-state index contributed by atoms with van der Waals surface area (Å²) in [6.45, 7) is 3.05. The van der Waals surface area contributed by atoms with Crippen LogP contribution in [-0.2, 0) is 10.0 Å². The number of halogens is 3. The number of rotatable bonds is 2. The molecule has 2 rings (SSSR count). The zero-order valence-corrected chi connectivity index (χ0v) is 12.0. The first-order chi connectivity index (χ1) is 8.43. The van der Waals surface area contributed by atoms with Crippen molar-refractivity contribution in [2.24, 2.45) is 0 Å². The van der Waals surface area contributed by atoms with E-state index in [1.165, 1.54) is 11.2 Å². The number of sulfonamides is 1. The highest BCUT2D eigenvalue weighted by Crippen LogP contribution is 2.22. The van der Waals surface area contributed by atoms with Gasteiger partial charge in [0.05, 0.1) is 0 Å². The van der Waals surface area contributed by atoms with Gasteiger partial charge in [-0.25, -0.2) is 17.2 Å². The van der Waals surface area contributed by atoms with Crippen LogP contribution in [0.5, 0.6) is 0 Å². The number of nitrogens with one attached hydrogen (secondary N) is 1. The van der Waals surface area contributed by atoms with Crippen molar-refractivity contribution >= 4 is 22.4 Å². The fraction of sp³-hybridized carbons (Fsp3) is 0.455. The molecule has 0 spiro atoms. The Bertz CT molecular complexity index is 560. The molecule has 1 aliphatic heterocycles. The Morgan fingerprint density at radius 2 is 1.74 bits per heavy atom. The number of piperazine rings is 1. The predicted octanol–water partition coefficient (Wildman–Crippen LogP) is 1.29. The number of hydrogen-bond donors (Lipinski definition) is 1. The molecule has 19 heavy (non-hydrogen) atoms. The van der Waals surface area contributed by atoms with Crippen molar-refractivity contribution in [2.75, 3.05) is 26.2 Å². The summed E-state index contributed by atoms with van der Waals surface area (Å²) < 4.78 is 52.4. The predicted molar refractivity (Wildman–Crippen MR) is 70.0 cm³/mol. The molecule has 0 radical (unpaired) electrons. The van der Waals surface area contributed by atoms with Crippen LogP contribution in [0.4, 0.5) is 8.78 Å². The molecular weight excluding hydrogens is 298 g/mol. The van der Waals surface area contributed by atoms with Crippen LogP contribution in [0.2, 0.25) is 0 Å². The third kappa shape index (κ3) is 3.22. The summed E-state index contributed by atoms with van der Waals surface area (Å²) in [6.07, 6.45) is 0. The van der Waals surface area contributed by atoms with Gasteiger partial charge in [-0.05, 0) is 18.6 Å². The molecule has 1 fully saturated rings. The number of aryl methyl sites for hydroxylation is 1. The third-order valence-corrected chi connectivity index (χ3v) is 4.82. The van der Waals surface area contributed by atoms with Crippen LogP contribution in [0.25, 0.3) is 0 Å². The van der Waals surface area contributed by atoms with Gasteiger partial charge >= 0.3 is 0 Å². The van der Waals surface area contributed by atoms with Crippen LogP contribution >= 0.6 is 12.4 Å². The molecule has 1 aromatic rings. The van der Waals surface area contributed by atoms with Gasteiger partial charge in [-0.3, -0.25) is 0 Å². The molecular formula is C11H15ClF2N2O2S. The molecule has 1 aliphatic rings. The Labute approximate surface area is 117 Å². The highest BCUT2D eigenvalue weighted by atomic mass is 35.5. The van der Waals surface area contributed by atoms with Crippen molar-refractivity contribution in [3.8, 4) is 0 Å². The van der Waals surface area contributed by atoms with Crippen molar-refractivity contribution < 1.29 is 17.2 Å². The van der Waals surface area contributed by atoms with E-state index in [-0.39, 0.29) is 31.1 Å². The number of nitrogens with zero attached hydrogens (tertiary/aromatic N) is 1. The second kappa shape index (κ2) is 6.13. The zero-order valence-electron chi connectivity index (χ0n) is 10.3. The lowest BCUT2D eigenvalue weighted by atomic mass is 10.2. The van der Waals surface area contributed by atoms with Crippen LogP contribution in [0, 0.1) is 18.6 Å². The van der Waals surface area contributed by atoms with E-state index in [1.807, 2.05) is 0 Å². The molecule has 1 saturated heterocycles.